The van der Waals surface area contributed by atoms with Crippen LogP contribution in [-0.4, -0.2) is 33.9 Å². The Morgan fingerprint density at radius 2 is 0.607 bits per heavy atom. The maximum Gasteiger partial charge on any atom is 0.252 e. The van der Waals surface area contributed by atoms with E-state index in [4.69, 9.17) is 9.97 Å². The predicted octanol–water partition coefficient (Wildman–Crippen LogP) is 21.8. The van der Waals surface area contributed by atoms with Crippen LogP contribution in [0.5, 0.6) is 0 Å². The summed E-state index contributed by atoms with van der Waals surface area (Å²) in [6.45, 7) is 6.60. The van der Waals surface area contributed by atoms with Gasteiger partial charge in [0.05, 0.1) is 33.4 Å². The van der Waals surface area contributed by atoms with Crippen LogP contribution in [0.4, 0.5) is 34.1 Å². The van der Waals surface area contributed by atoms with E-state index in [9.17, 15) is 0 Å². The van der Waals surface area contributed by atoms with Gasteiger partial charge in [-0.05, 0) is 142 Å². The summed E-state index contributed by atoms with van der Waals surface area (Å²) in [7, 11) is -2.96. The lowest BCUT2D eigenvalue weighted by Gasteiger charge is -2.46. The van der Waals surface area contributed by atoms with Gasteiger partial charge >= 0.3 is 0 Å². The molecule has 4 aromatic heterocycles. The summed E-state index contributed by atoms with van der Waals surface area (Å²) in [5, 5.41) is 10.1. The van der Waals surface area contributed by atoms with Crippen LogP contribution in [0.15, 0.2) is 401 Å². The highest BCUT2D eigenvalue weighted by molar-refractivity contribution is 7.20. The third-order valence-electron chi connectivity index (χ3n) is 23.6. The third-order valence-corrected chi connectivity index (χ3v) is 28.3. The molecule has 0 bridgehead atoms. The molecule has 2 aliphatic heterocycles. The Morgan fingerprint density at radius 1 is 0.268 bits per heavy atom. The van der Waals surface area contributed by atoms with E-state index in [1.807, 2.05) is 0 Å². The van der Waals surface area contributed by atoms with Gasteiger partial charge in [0, 0.05) is 103 Å². The van der Waals surface area contributed by atoms with Crippen LogP contribution in [0, 0.1) is 0 Å². The highest BCUT2D eigenvalue weighted by atomic mass is 28.3. The van der Waals surface area contributed by atoms with Crippen molar-refractivity contribution in [1.29, 1.82) is 0 Å². The van der Waals surface area contributed by atoms with Crippen molar-refractivity contribution in [3.8, 4) is 67.0 Å². The standard InChI is InChI=1S/C104H75BN6Si/c1-104(2,3)76-53-51-70(52-54-76)75-61-99-101-100(62-75)111(103-89(73-35-15-6-16-36-73)68-107-69-90(103)74-37-17-7-18-38-74)98-64-78(109-95-50-30-27-47-85(95)86-65-82(57-60-96(86)109)112(79-39-19-8-20-40-79,80-41-21-9-22-42-80)81-43-23-10-24-44-81)56-59-92(98)105(101)91-58-55-77(108-93-48-28-25-45-83(93)84-46-26-29-49-94(84)108)63-97(91)110(99)102-87(71-31-11-4-12-32-71)66-106-67-88(102)72-33-13-5-14-34-72/h4-69H,1-3H3. The molecular formula is C104H75BN6Si. The number of anilines is 6. The van der Waals surface area contributed by atoms with Crippen molar-refractivity contribution in [3.05, 3.63) is 406 Å². The molecule has 0 saturated carbocycles. The van der Waals surface area contributed by atoms with Gasteiger partial charge < -0.3 is 18.9 Å². The Bertz CT molecular complexity index is 6580. The average Bonchev–Trinajstić information content (AvgIpc) is 0.887. The van der Waals surface area contributed by atoms with Crippen LogP contribution < -0.4 is 46.9 Å². The first kappa shape index (κ1) is 66.3. The van der Waals surface area contributed by atoms with Crippen molar-refractivity contribution in [1.82, 2.24) is 19.1 Å². The van der Waals surface area contributed by atoms with Crippen LogP contribution >= 0.6 is 0 Å². The second kappa shape index (κ2) is 26.7. The topological polar surface area (TPSA) is 42.1 Å². The van der Waals surface area contributed by atoms with Gasteiger partial charge in [-0.15, -0.1) is 0 Å². The van der Waals surface area contributed by atoms with Crippen molar-refractivity contribution in [3.63, 3.8) is 0 Å². The maximum absolute atomic E-state index is 5.25. The number of pyridine rings is 2. The van der Waals surface area contributed by atoms with Gasteiger partial charge in [-0.2, -0.15) is 0 Å². The largest absolute Gasteiger partial charge is 0.310 e. The number of benzene rings is 15. The van der Waals surface area contributed by atoms with E-state index in [0.717, 1.165) is 123 Å². The van der Waals surface area contributed by atoms with Crippen LogP contribution in [0.1, 0.15) is 26.3 Å². The number of fused-ring (bicyclic) bond motifs is 10. The SMILES string of the molecule is CC(C)(C)c1ccc(-c2cc3c4c(c2)N(c2c(-c5ccccc5)cncc2-c2ccccc2)c2cc(-n5c6ccccc6c6cc([Si](c7ccccc7)(c7ccccc7)c7ccccc7)ccc65)ccc2B4c2ccc(-n4c5ccccc5c5ccccc54)cc2N3c2c(-c3ccccc3)cncc2-c2ccccc2)cc1. The van der Waals surface area contributed by atoms with Crippen LogP contribution in [0.25, 0.3) is 111 Å². The summed E-state index contributed by atoms with van der Waals surface area (Å²) in [5.74, 6) is 0. The molecule has 8 heteroatoms. The molecule has 0 unspecified atom stereocenters. The van der Waals surface area contributed by atoms with Gasteiger partial charge in [0.25, 0.3) is 6.71 Å². The summed E-state index contributed by atoms with van der Waals surface area (Å²) in [6, 6.07) is 141. The van der Waals surface area contributed by atoms with Gasteiger partial charge in [-0.1, -0.05) is 336 Å². The molecule has 0 atom stereocenters. The Kier molecular flexibility index (Phi) is 15.8. The van der Waals surface area contributed by atoms with E-state index < -0.39 is 8.07 Å². The number of nitrogens with zero attached hydrogens (tertiary/aromatic N) is 6. The molecule has 0 amide bonds. The highest BCUT2D eigenvalue weighted by Crippen LogP contribution is 2.54. The number of hydrogen-bond donors (Lipinski definition) is 0. The minimum absolute atomic E-state index is 0.0795. The molecule has 0 N–H and O–H groups in total. The number of hydrogen-bond acceptors (Lipinski definition) is 4. The number of aromatic nitrogens is 4. The van der Waals surface area contributed by atoms with E-state index in [2.05, 4.69) is 441 Å². The van der Waals surface area contributed by atoms with Crippen molar-refractivity contribution < 1.29 is 0 Å². The fourth-order valence-corrected chi connectivity index (χ4v) is 23.3. The molecule has 21 rings (SSSR count). The van der Waals surface area contributed by atoms with Gasteiger partial charge in [0.1, 0.15) is 0 Å². The smallest absolute Gasteiger partial charge is 0.252 e. The van der Waals surface area contributed by atoms with Crippen molar-refractivity contribution >= 4 is 130 Å². The zero-order valence-electron chi connectivity index (χ0n) is 62.4. The molecule has 19 aromatic rings. The summed E-state index contributed by atoms with van der Waals surface area (Å²) in [6.07, 6.45) is 8.36. The second-order valence-corrected chi connectivity index (χ2v) is 34.6. The molecular weight excluding hydrogens is 1370 g/mol. The molecule has 6 nitrogen and oxygen atoms in total. The minimum atomic E-state index is -2.96. The quantitative estimate of drug-likeness (QED) is 0.0852. The molecule has 0 spiro atoms. The Hall–Kier alpha value is -13.9. The van der Waals surface area contributed by atoms with Crippen molar-refractivity contribution in [2.24, 2.45) is 0 Å². The van der Waals surface area contributed by atoms with Crippen molar-refractivity contribution in [2.45, 2.75) is 26.2 Å². The monoisotopic (exact) mass is 1450 g/mol. The molecule has 0 fully saturated rings. The molecule has 6 heterocycles. The average molecular weight is 1450 g/mol. The van der Waals surface area contributed by atoms with E-state index in [-0.39, 0.29) is 12.1 Å². The highest BCUT2D eigenvalue weighted by Gasteiger charge is 2.47. The zero-order chi connectivity index (χ0) is 74.6. The Balaban J connectivity index is 0.902. The first-order chi connectivity index (χ1) is 55.2. The Labute approximate surface area is 653 Å². The molecule has 0 radical (unpaired) electrons. The van der Waals surface area contributed by atoms with Crippen LogP contribution in [0.3, 0.4) is 0 Å². The van der Waals surface area contributed by atoms with E-state index in [1.165, 1.54) is 64.2 Å². The first-order valence-electron chi connectivity index (χ1n) is 38.8. The van der Waals surface area contributed by atoms with Gasteiger partial charge in [0.2, 0.25) is 0 Å². The lowest BCUT2D eigenvalue weighted by atomic mass is 9.33. The summed E-state index contributed by atoms with van der Waals surface area (Å²) in [4.78, 5) is 15.8. The van der Waals surface area contributed by atoms with E-state index in [1.54, 1.807) is 0 Å². The maximum atomic E-state index is 5.25. The van der Waals surface area contributed by atoms with Gasteiger partial charge in [-0.25, -0.2) is 0 Å². The van der Waals surface area contributed by atoms with Gasteiger partial charge in [-0.3, -0.25) is 9.97 Å². The summed E-state index contributed by atoms with van der Waals surface area (Å²) < 4.78 is 5.01. The fraction of sp³-hybridized carbons (Fsp3) is 0.0385. The normalized spacial score (nSPS) is 12.5. The van der Waals surface area contributed by atoms with Crippen LogP contribution in [0.2, 0.25) is 0 Å². The molecule has 0 saturated heterocycles. The zero-order valence-corrected chi connectivity index (χ0v) is 63.4. The number of para-hydroxylation sites is 3. The lowest BCUT2D eigenvalue weighted by Crippen LogP contribution is -2.74. The van der Waals surface area contributed by atoms with Gasteiger partial charge in [0.15, 0.2) is 8.07 Å². The molecule has 112 heavy (non-hydrogen) atoms. The van der Waals surface area contributed by atoms with Crippen LogP contribution in [-0.2, 0) is 5.41 Å². The van der Waals surface area contributed by atoms with E-state index in [0.29, 0.717) is 0 Å². The molecule has 528 valence electrons. The van der Waals surface area contributed by atoms with E-state index >= 15 is 0 Å². The first-order valence-corrected chi connectivity index (χ1v) is 40.8. The third kappa shape index (κ3) is 10.6. The Morgan fingerprint density at radius 3 is 0.982 bits per heavy atom. The fourth-order valence-electron chi connectivity index (χ4n) is 18.5. The number of rotatable bonds is 13. The molecule has 0 aliphatic carbocycles. The molecule has 15 aromatic carbocycles. The predicted molar refractivity (Wildman–Crippen MR) is 474 cm³/mol. The molecule has 2 aliphatic rings. The second-order valence-electron chi connectivity index (χ2n) is 30.8. The summed E-state index contributed by atoms with van der Waals surface area (Å²) >= 11 is 0. The lowest BCUT2D eigenvalue weighted by molar-refractivity contribution is 0.590. The van der Waals surface area contributed by atoms with Crippen molar-refractivity contribution in [2.75, 3.05) is 9.80 Å². The summed E-state index contributed by atoms with van der Waals surface area (Å²) in [5.41, 5.74) is 28.2. The minimum Gasteiger partial charge on any atom is -0.310 e.